The topological polar surface area (TPSA) is 0 Å². The molecule has 4 fully saturated rings. The molecule has 4 aliphatic carbocycles. The zero-order chi connectivity index (χ0) is 10.8. The zero-order valence-corrected chi connectivity index (χ0v) is 10.5. The van der Waals surface area contributed by atoms with Gasteiger partial charge in [-0.3, -0.25) is 0 Å². The predicted octanol–water partition coefficient (Wildman–Crippen LogP) is 4.42. The monoisotopic (exact) mass is 204 g/mol. The lowest BCUT2D eigenvalue weighted by atomic mass is 9.37. The van der Waals surface area contributed by atoms with E-state index in [0.29, 0.717) is 10.8 Å². The summed E-state index contributed by atoms with van der Waals surface area (Å²) in [6, 6.07) is 0. The molecule has 0 heterocycles. The van der Waals surface area contributed by atoms with Gasteiger partial charge in [0.05, 0.1) is 0 Å². The first-order valence-corrected chi connectivity index (χ1v) is 6.64. The third kappa shape index (κ3) is 1.04. The quantitative estimate of drug-likeness (QED) is 0.513. The number of allylic oxidation sites excluding steroid dienone is 1. The van der Waals surface area contributed by atoms with Crippen molar-refractivity contribution in [1.29, 1.82) is 0 Å². The summed E-state index contributed by atoms with van der Waals surface area (Å²) >= 11 is 0. The van der Waals surface area contributed by atoms with Crippen LogP contribution in [0, 0.1) is 28.6 Å². The minimum atomic E-state index is 0.578. The Kier molecular flexibility index (Phi) is 1.79. The van der Waals surface area contributed by atoms with E-state index in [1.807, 2.05) is 0 Å². The molecule has 4 aliphatic rings. The van der Waals surface area contributed by atoms with Crippen LogP contribution >= 0.6 is 0 Å². The van der Waals surface area contributed by atoms with Crippen molar-refractivity contribution in [2.24, 2.45) is 28.6 Å². The number of rotatable bonds is 0. The van der Waals surface area contributed by atoms with Gasteiger partial charge < -0.3 is 0 Å². The van der Waals surface area contributed by atoms with Gasteiger partial charge in [0, 0.05) is 0 Å². The molecule has 0 aliphatic heterocycles. The molecular weight excluding hydrogens is 180 g/mol. The Morgan fingerprint density at radius 2 is 1.93 bits per heavy atom. The maximum atomic E-state index is 4.37. The summed E-state index contributed by atoms with van der Waals surface area (Å²) in [6.07, 6.45) is 7.09. The van der Waals surface area contributed by atoms with Gasteiger partial charge in [0.2, 0.25) is 0 Å². The van der Waals surface area contributed by atoms with Crippen LogP contribution < -0.4 is 0 Å². The number of fused-ring (bicyclic) bond motifs is 2. The summed E-state index contributed by atoms with van der Waals surface area (Å²) in [5, 5.41) is 0. The van der Waals surface area contributed by atoms with E-state index in [0.717, 1.165) is 17.8 Å². The molecule has 4 rings (SSSR count). The van der Waals surface area contributed by atoms with Crippen molar-refractivity contribution in [2.45, 2.75) is 52.9 Å². The molecule has 0 saturated heterocycles. The molecule has 2 unspecified atom stereocenters. The van der Waals surface area contributed by atoms with E-state index in [-0.39, 0.29) is 0 Å². The summed E-state index contributed by atoms with van der Waals surface area (Å²) in [4.78, 5) is 0. The second kappa shape index (κ2) is 2.70. The lowest BCUT2D eigenvalue weighted by Crippen LogP contribution is -2.61. The van der Waals surface area contributed by atoms with Crippen LogP contribution in [-0.2, 0) is 0 Å². The van der Waals surface area contributed by atoms with Crippen molar-refractivity contribution in [2.75, 3.05) is 0 Å². The van der Waals surface area contributed by atoms with Crippen LogP contribution in [0.4, 0.5) is 0 Å². The SMILES string of the molecule is C=C1CC[C@@H]2C3[C@H]1C2(C)CCCC3(C)C. The Morgan fingerprint density at radius 3 is 2.60 bits per heavy atom. The fourth-order valence-electron chi connectivity index (χ4n) is 5.32. The van der Waals surface area contributed by atoms with Gasteiger partial charge in [-0.25, -0.2) is 0 Å². The van der Waals surface area contributed by atoms with Gasteiger partial charge >= 0.3 is 0 Å². The molecule has 84 valence electrons. The van der Waals surface area contributed by atoms with Crippen LogP contribution in [0.3, 0.4) is 0 Å². The van der Waals surface area contributed by atoms with E-state index in [1.54, 1.807) is 5.57 Å². The molecule has 0 radical (unpaired) electrons. The average Bonchev–Trinajstić information content (AvgIpc) is 2.30. The van der Waals surface area contributed by atoms with Gasteiger partial charge in [-0.1, -0.05) is 39.3 Å². The summed E-state index contributed by atoms with van der Waals surface area (Å²) in [5.74, 6) is 2.85. The molecule has 4 bridgehead atoms. The highest BCUT2D eigenvalue weighted by molar-refractivity contribution is 5.26. The second-order valence-electron chi connectivity index (χ2n) is 7.15. The Morgan fingerprint density at radius 1 is 1.20 bits per heavy atom. The van der Waals surface area contributed by atoms with Crippen molar-refractivity contribution < 1.29 is 0 Å². The van der Waals surface area contributed by atoms with E-state index in [1.165, 1.54) is 32.1 Å². The maximum Gasteiger partial charge on any atom is -0.0113 e. The van der Waals surface area contributed by atoms with Crippen LogP contribution in [0.1, 0.15) is 52.9 Å². The fraction of sp³-hybridized carbons (Fsp3) is 0.867. The third-order valence-electron chi connectivity index (χ3n) is 6.01. The van der Waals surface area contributed by atoms with Gasteiger partial charge in [-0.05, 0) is 54.3 Å². The van der Waals surface area contributed by atoms with Gasteiger partial charge in [-0.15, -0.1) is 0 Å². The summed E-state index contributed by atoms with van der Waals surface area (Å²) in [6.45, 7) is 11.9. The molecule has 0 amide bonds. The van der Waals surface area contributed by atoms with Crippen molar-refractivity contribution in [3.8, 4) is 0 Å². The standard InChI is InChI=1S/C15H24/c1-10-6-7-11-13-12(10)15(11,4)9-5-8-14(13,2)3/h11-13H,1,5-9H2,2-4H3/t11-,12+,13?,15?/m1/s1. The average molecular weight is 204 g/mol. The minimum absolute atomic E-state index is 0.578. The molecule has 4 atom stereocenters. The van der Waals surface area contributed by atoms with E-state index in [4.69, 9.17) is 0 Å². The first kappa shape index (κ1) is 9.93. The number of hydrogen-bond donors (Lipinski definition) is 0. The van der Waals surface area contributed by atoms with Crippen LogP contribution in [0.5, 0.6) is 0 Å². The Bertz CT molecular complexity index is 312. The summed E-state index contributed by atoms with van der Waals surface area (Å²) in [5.41, 5.74) is 2.81. The smallest absolute Gasteiger partial charge is 0.0113 e. The van der Waals surface area contributed by atoms with Crippen molar-refractivity contribution in [3.05, 3.63) is 12.2 Å². The Labute approximate surface area is 94.1 Å². The highest BCUT2D eigenvalue weighted by Gasteiger charge is 2.65. The molecule has 15 heavy (non-hydrogen) atoms. The summed E-state index contributed by atoms with van der Waals surface area (Å²) < 4.78 is 0. The molecule has 0 aromatic rings. The largest absolute Gasteiger partial charge is 0.0995 e. The molecular formula is C15H24. The highest BCUT2D eigenvalue weighted by Crippen LogP contribution is 2.73. The third-order valence-corrected chi connectivity index (χ3v) is 6.01. The zero-order valence-electron chi connectivity index (χ0n) is 10.5. The maximum absolute atomic E-state index is 4.37. The van der Waals surface area contributed by atoms with Gasteiger partial charge in [0.25, 0.3) is 0 Å². The molecule has 0 nitrogen and oxygen atoms in total. The fourth-order valence-corrected chi connectivity index (χ4v) is 5.32. The van der Waals surface area contributed by atoms with E-state index in [2.05, 4.69) is 27.4 Å². The van der Waals surface area contributed by atoms with E-state index < -0.39 is 0 Å². The van der Waals surface area contributed by atoms with Crippen LogP contribution in [0.2, 0.25) is 0 Å². The minimum Gasteiger partial charge on any atom is -0.0995 e. The van der Waals surface area contributed by atoms with E-state index >= 15 is 0 Å². The highest BCUT2D eigenvalue weighted by atomic mass is 14.7. The first-order valence-electron chi connectivity index (χ1n) is 6.64. The molecule has 0 aromatic heterocycles. The predicted molar refractivity (Wildman–Crippen MR) is 64.6 cm³/mol. The van der Waals surface area contributed by atoms with Crippen LogP contribution in [0.25, 0.3) is 0 Å². The van der Waals surface area contributed by atoms with Crippen molar-refractivity contribution in [3.63, 3.8) is 0 Å². The lowest BCUT2D eigenvalue weighted by Gasteiger charge is -2.67. The van der Waals surface area contributed by atoms with Crippen molar-refractivity contribution >= 4 is 0 Å². The van der Waals surface area contributed by atoms with Gasteiger partial charge in [0.15, 0.2) is 0 Å². The Hall–Kier alpha value is -0.260. The first-order chi connectivity index (χ1) is 6.97. The number of hydrogen-bond acceptors (Lipinski definition) is 0. The lowest BCUT2D eigenvalue weighted by molar-refractivity contribution is -0.153. The summed E-state index contributed by atoms with van der Waals surface area (Å²) in [7, 11) is 0. The van der Waals surface area contributed by atoms with Crippen LogP contribution in [0.15, 0.2) is 12.2 Å². The molecule has 0 spiro atoms. The molecule has 0 aromatic carbocycles. The normalized spacial score (nSPS) is 51.9. The molecule has 4 saturated carbocycles. The van der Waals surface area contributed by atoms with E-state index in [9.17, 15) is 0 Å². The van der Waals surface area contributed by atoms with Gasteiger partial charge in [-0.2, -0.15) is 0 Å². The van der Waals surface area contributed by atoms with Gasteiger partial charge in [0.1, 0.15) is 0 Å². The second-order valence-corrected chi connectivity index (χ2v) is 7.15. The Balaban J connectivity index is 2.04. The molecule has 0 N–H and O–H groups in total. The molecule has 0 heteroatoms. The van der Waals surface area contributed by atoms with Crippen LogP contribution in [-0.4, -0.2) is 0 Å². The van der Waals surface area contributed by atoms with Crippen molar-refractivity contribution in [1.82, 2.24) is 0 Å².